The normalized spacial score (nSPS) is 17.4. The van der Waals surface area contributed by atoms with Crippen LogP contribution in [0.15, 0.2) is 18.2 Å². The summed E-state index contributed by atoms with van der Waals surface area (Å²) in [5.41, 5.74) is -0.136. The number of ether oxygens (including phenoxy) is 1. The Bertz CT molecular complexity index is 560. The predicted molar refractivity (Wildman–Crippen MR) is 76.5 cm³/mol. The molecule has 21 heavy (non-hydrogen) atoms. The molecule has 1 saturated heterocycles. The van der Waals surface area contributed by atoms with Crippen LogP contribution in [0.5, 0.6) is 0 Å². The molecule has 1 aromatic carbocycles. The van der Waals surface area contributed by atoms with E-state index >= 15 is 0 Å². The highest BCUT2D eigenvalue weighted by Gasteiger charge is 2.30. The number of benzene rings is 1. The summed E-state index contributed by atoms with van der Waals surface area (Å²) in [6.07, 6.45) is 1.04. The van der Waals surface area contributed by atoms with Gasteiger partial charge >= 0.3 is 5.97 Å². The van der Waals surface area contributed by atoms with Crippen LogP contribution in [0.1, 0.15) is 30.1 Å². The summed E-state index contributed by atoms with van der Waals surface area (Å²) in [6.45, 7) is 2.75. The Labute approximate surface area is 122 Å². The van der Waals surface area contributed by atoms with Gasteiger partial charge in [-0.3, -0.25) is 10.1 Å². The average Bonchev–Trinajstić information content (AvgIpc) is 2.45. The first-order chi connectivity index (χ1) is 9.84. The quantitative estimate of drug-likeness (QED) is 0.518. The molecule has 0 aromatic heterocycles. The van der Waals surface area contributed by atoms with Gasteiger partial charge in [0.15, 0.2) is 0 Å². The lowest BCUT2D eigenvalue weighted by Crippen LogP contribution is -2.42. The zero-order valence-electron chi connectivity index (χ0n) is 12.0. The number of rotatable bonds is 3. The molecule has 0 unspecified atom stereocenters. The van der Waals surface area contributed by atoms with E-state index < -0.39 is 16.5 Å². The molecule has 0 bridgehead atoms. The molecule has 1 aliphatic rings. The molecule has 1 aromatic rings. The van der Waals surface area contributed by atoms with Crippen molar-refractivity contribution in [2.75, 3.05) is 25.1 Å². The number of piperidine rings is 1. The third-order valence-corrected chi connectivity index (χ3v) is 3.77. The van der Waals surface area contributed by atoms with Crippen LogP contribution in [0.4, 0.5) is 11.4 Å². The molecule has 0 saturated carbocycles. The number of nitro benzene ring substituents is 1. The topological polar surface area (TPSA) is 92.9 Å². The maximum absolute atomic E-state index is 11.6. The Balaban J connectivity index is 2.35. The number of carbonyl (C=O) groups excluding carboxylic acids is 1. The van der Waals surface area contributed by atoms with Crippen molar-refractivity contribution in [2.45, 2.75) is 25.4 Å². The van der Waals surface area contributed by atoms with Crippen LogP contribution in [0.3, 0.4) is 0 Å². The lowest BCUT2D eigenvalue weighted by molar-refractivity contribution is -0.384. The Morgan fingerprint density at radius 3 is 2.57 bits per heavy atom. The van der Waals surface area contributed by atoms with Crippen LogP contribution in [-0.2, 0) is 4.74 Å². The van der Waals surface area contributed by atoms with E-state index in [4.69, 9.17) is 0 Å². The second kappa shape index (κ2) is 5.69. The van der Waals surface area contributed by atoms with Crippen LogP contribution in [-0.4, -0.2) is 41.8 Å². The van der Waals surface area contributed by atoms with Crippen LogP contribution < -0.4 is 4.90 Å². The van der Waals surface area contributed by atoms with E-state index in [0.29, 0.717) is 31.6 Å². The predicted octanol–water partition coefficient (Wildman–Crippen LogP) is 1.73. The molecule has 1 aliphatic heterocycles. The van der Waals surface area contributed by atoms with Crippen molar-refractivity contribution >= 4 is 17.3 Å². The van der Waals surface area contributed by atoms with Crippen molar-refractivity contribution in [3.8, 4) is 0 Å². The SMILES string of the molecule is COC(=O)c1ccc([N+](=O)[O-])c(N2CCC(C)(O)CC2)c1. The summed E-state index contributed by atoms with van der Waals surface area (Å²) in [4.78, 5) is 24.1. The molecule has 0 aliphatic carbocycles. The van der Waals surface area contributed by atoms with Crippen molar-refractivity contribution in [1.29, 1.82) is 0 Å². The number of aliphatic hydroxyl groups is 1. The second-order valence-electron chi connectivity index (χ2n) is 5.44. The van der Waals surface area contributed by atoms with Gasteiger partial charge in [0.25, 0.3) is 5.69 Å². The molecule has 114 valence electrons. The lowest BCUT2D eigenvalue weighted by Gasteiger charge is -2.36. The van der Waals surface area contributed by atoms with Gasteiger partial charge in [0, 0.05) is 19.2 Å². The highest BCUT2D eigenvalue weighted by molar-refractivity contribution is 5.91. The minimum absolute atomic E-state index is 0.0517. The van der Waals surface area contributed by atoms with Gasteiger partial charge in [-0.15, -0.1) is 0 Å². The molecule has 0 radical (unpaired) electrons. The molecule has 1 N–H and O–H groups in total. The van der Waals surface area contributed by atoms with Crippen molar-refractivity contribution in [3.63, 3.8) is 0 Å². The molecule has 0 atom stereocenters. The third-order valence-electron chi connectivity index (χ3n) is 3.77. The van der Waals surface area contributed by atoms with E-state index in [1.165, 1.54) is 25.3 Å². The second-order valence-corrected chi connectivity index (χ2v) is 5.44. The number of hydrogen-bond donors (Lipinski definition) is 1. The van der Waals surface area contributed by atoms with E-state index in [2.05, 4.69) is 4.74 Å². The van der Waals surface area contributed by atoms with Crippen LogP contribution in [0.2, 0.25) is 0 Å². The van der Waals surface area contributed by atoms with E-state index in [-0.39, 0.29) is 11.3 Å². The van der Waals surface area contributed by atoms with Crippen molar-refractivity contribution in [2.24, 2.45) is 0 Å². The number of hydrogen-bond acceptors (Lipinski definition) is 6. The minimum atomic E-state index is -0.745. The molecule has 7 heteroatoms. The Morgan fingerprint density at radius 1 is 1.43 bits per heavy atom. The number of nitrogens with zero attached hydrogens (tertiary/aromatic N) is 2. The minimum Gasteiger partial charge on any atom is -0.465 e. The van der Waals surface area contributed by atoms with E-state index in [1.807, 2.05) is 4.90 Å². The van der Waals surface area contributed by atoms with E-state index in [0.717, 1.165) is 0 Å². The van der Waals surface area contributed by atoms with Gasteiger partial charge in [0.2, 0.25) is 0 Å². The van der Waals surface area contributed by atoms with E-state index in [9.17, 15) is 20.0 Å². The standard InChI is InChI=1S/C14H18N2O5/c1-14(18)5-7-15(8-6-14)12-9-10(13(17)21-2)3-4-11(12)16(19)20/h3-4,9,18H,5-8H2,1-2H3. The molecular formula is C14H18N2O5. The number of esters is 1. The van der Waals surface area contributed by atoms with Gasteiger partial charge < -0.3 is 14.7 Å². The van der Waals surface area contributed by atoms with Gasteiger partial charge in [-0.2, -0.15) is 0 Å². The fraction of sp³-hybridized carbons (Fsp3) is 0.500. The molecule has 2 rings (SSSR count). The monoisotopic (exact) mass is 294 g/mol. The summed E-state index contributed by atoms with van der Waals surface area (Å²) in [5, 5.41) is 21.1. The Kier molecular flexibility index (Phi) is 4.13. The largest absolute Gasteiger partial charge is 0.465 e. The van der Waals surface area contributed by atoms with Crippen LogP contribution >= 0.6 is 0 Å². The van der Waals surface area contributed by atoms with Crippen LogP contribution in [0, 0.1) is 10.1 Å². The summed E-state index contributed by atoms with van der Waals surface area (Å²) in [7, 11) is 1.27. The van der Waals surface area contributed by atoms with Crippen molar-refractivity contribution in [1.82, 2.24) is 0 Å². The van der Waals surface area contributed by atoms with Crippen molar-refractivity contribution in [3.05, 3.63) is 33.9 Å². The number of nitro groups is 1. The summed E-state index contributed by atoms with van der Waals surface area (Å²) >= 11 is 0. The molecule has 7 nitrogen and oxygen atoms in total. The summed E-state index contributed by atoms with van der Waals surface area (Å²) in [6, 6.07) is 4.17. The average molecular weight is 294 g/mol. The summed E-state index contributed by atoms with van der Waals surface area (Å²) in [5.74, 6) is -0.532. The first-order valence-corrected chi connectivity index (χ1v) is 6.68. The Hall–Kier alpha value is -2.15. The number of carbonyl (C=O) groups is 1. The molecule has 1 fully saturated rings. The first kappa shape index (κ1) is 15.2. The van der Waals surface area contributed by atoms with Gasteiger partial charge in [0.1, 0.15) is 5.69 Å². The van der Waals surface area contributed by atoms with Gasteiger partial charge in [-0.25, -0.2) is 4.79 Å². The third kappa shape index (κ3) is 3.30. The van der Waals surface area contributed by atoms with Crippen molar-refractivity contribution < 1.29 is 19.6 Å². The number of methoxy groups -OCH3 is 1. The fourth-order valence-corrected chi connectivity index (χ4v) is 2.41. The number of anilines is 1. The Morgan fingerprint density at radius 2 is 2.05 bits per heavy atom. The molecule has 1 heterocycles. The summed E-state index contributed by atoms with van der Waals surface area (Å²) < 4.78 is 4.64. The molecule has 0 spiro atoms. The van der Waals surface area contributed by atoms with Gasteiger partial charge in [0.05, 0.1) is 23.2 Å². The van der Waals surface area contributed by atoms with Gasteiger partial charge in [-0.05, 0) is 31.9 Å². The van der Waals surface area contributed by atoms with Gasteiger partial charge in [-0.1, -0.05) is 0 Å². The van der Waals surface area contributed by atoms with E-state index in [1.54, 1.807) is 6.92 Å². The highest BCUT2D eigenvalue weighted by atomic mass is 16.6. The first-order valence-electron chi connectivity index (χ1n) is 6.68. The maximum atomic E-state index is 11.6. The lowest BCUT2D eigenvalue weighted by atomic mass is 9.93. The zero-order chi connectivity index (χ0) is 15.6. The fourth-order valence-electron chi connectivity index (χ4n) is 2.41. The highest BCUT2D eigenvalue weighted by Crippen LogP contribution is 2.33. The zero-order valence-corrected chi connectivity index (χ0v) is 12.0. The smallest absolute Gasteiger partial charge is 0.337 e. The maximum Gasteiger partial charge on any atom is 0.337 e. The molecule has 0 amide bonds. The molecular weight excluding hydrogens is 276 g/mol. The van der Waals surface area contributed by atoms with Crippen LogP contribution in [0.25, 0.3) is 0 Å².